The molecule has 0 aromatic heterocycles. The number of halogens is 1. The van der Waals surface area contributed by atoms with Gasteiger partial charge in [0, 0.05) is 43.8 Å². The molecule has 1 N–H and O–H groups in total. The van der Waals surface area contributed by atoms with Gasteiger partial charge >= 0.3 is 0 Å². The number of amides is 1. The van der Waals surface area contributed by atoms with Crippen LogP contribution in [0.15, 0.2) is 42.5 Å². The maximum Gasteiger partial charge on any atom is 0.257 e. The largest absolute Gasteiger partial charge is 0.507 e. The number of carbonyl (C=O) groups is 1. The van der Waals surface area contributed by atoms with Gasteiger partial charge in [-0.05, 0) is 29.8 Å². The third-order valence-corrected chi connectivity index (χ3v) is 4.63. The summed E-state index contributed by atoms with van der Waals surface area (Å²) < 4.78 is 5.05. The molecule has 0 spiro atoms. The van der Waals surface area contributed by atoms with Crippen LogP contribution in [0.5, 0.6) is 11.5 Å². The van der Waals surface area contributed by atoms with Crippen LogP contribution in [0, 0.1) is 0 Å². The number of carbonyl (C=O) groups excluding carboxylic acids is 1. The van der Waals surface area contributed by atoms with Crippen LogP contribution >= 0.6 is 11.6 Å². The van der Waals surface area contributed by atoms with E-state index in [1.165, 1.54) is 18.7 Å². The topological polar surface area (TPSA) is 53.0 Å². The van der Waals surface area contributed by atoms with Gasteiger partial charge in [0.1, 0.15) is 11.5 Å². The van der Waals surface area contributed by atoms with Gasteiger partial charge in [0.25, 0.3) is 5.91 Å². The highest BCUT2D eigenvalue weighted by molar-refractivity contribution is 6.30. The van der Waals surface area contributed by atoms with Gasteiger partial charge in [0.2, 0.25) is 0 Å². The molecule has 3 rings (SSSR count). The van der Waals surface area contributed by atoms with Crippen molar-refractivity contribution in [3.8, 4) is 11.5 Å². The average molecular weight is 361 g/mol. The first-order valence-corrected chi connectivity index (χ1v) is 8.57. The summed E-state index contributed by atoms with van der Waals surface area (Å²) in [6.07, 6.45) is 0. The number of rotatable bonds is 4. The zero-order valence-electron chi connectivity index (χ0n) is 14.1. The summed E-state index contributed by atoms with van der Waals surface area (Å²) in [5.41, 5.74) is 1.48. The van der Waals surface area contributed by atoms with E-state index in [-0.39, 0.29) is 11.7 Å². The second-order valence-corrected chi connectivity index (χ2v) is 6.52. The molecule has 0 atom stereocenters. The average Bonchev–Trinajstić information content (AvgIpc) is 2.62. The molecule has 0 aliphatic carbocycles. The summed E-state index contributed by atoms with van der Waals surface area (Å²) >= 11 is 6.03. The number of piperazine rings is 1. The molecule has 2 aromatic carbocycles. The Labute approximate surface area is 152 Å². The van der Waals surface area contributed by atoms with Crippen molar-refractivity contribution < 1.29 is 14.6 Å². The summed E-state index contributed by atoms with van der Waals surface area (Å²) in [5.74, 6) is 0.327. The van der Waals surface area contributed by atoms with Crippen molar-refractivity contribution >= 4 is 17.5 Å². The zero-order chi connectivity index (χ0) is 17.8. The van der Waals surface area contributed by atoms with Crippen molar-refractivity contribution in [3.05, 3.63) is 58.6 Å². The third kappa shape index (κ3) is 4.24. The predicted octanol–water partition coefficient (Wildman–Crippen LogP) is 3.01. The van der Waals surface area contributed by atoms with Crippen molar-refractivity contribution in [2.45, 2.75) is 6.54 Å². The van der Waals surface area contributed by atoms with E-state index in [4.69, 9.17) is 16.3 Å². The molecule has 6 heteroatoms. The molecule has 1 aliphatic heterocycles. The van der Waals surface area contributed by atoms with E-state index in [9.17, 15) is 9.90 Å². The van der Waals surface area contributed by atoms with E-state index in [1.807, 2.05) is 18.2 Å². The molecular weight excluding hydrogens is 340 g/mol. The van der Waals surface area contributed by atoms with Crippen LogP contribution in [0.3, 0.4) is 0 Å². The SMILES string of the molecule is COc1ccc(C(=O)N2CCN(Cc3cccc(Cl)c3)CC2)c(O)c1. The fraction of sp³-hybridized carbons (Fsp3) is 0.316. The second kappa shape index (κ2) is 7.76. The van der Waals surface area contributed by atoms with Crippen molar-refractivity contribution in [2.24, 2.45) is 0 Å². The molecule has 1 amide bonds. The molecule has 1 aliphatic rings. The molecule has 1 heterocycles. The van der Waals surface area contributed by atoms with Crippen LogP contribution in [0.4, 0.5) is 0 Å². The Bertz CT molecular complexity index is 758. The van der Waals surface area contributed by atoms with Crippen molar-refractivity contribution in [3.63, 3.8) is 0 Å². The number of benzene rings is 2. The van der Waals surface area contributed by atoms with E-state index < -0.39 is 0 Å². The summed E-state index contributed by atoms with van der Waals surface area (Å²) in [6, 6.07) is 12.6. The number of phenolic OH excluding ortho intramolecular Hbond substituents is 1. The van der Waals surface area contributed by atoms with Gasteiger partial charge < -0.3 is 14.7 Å². The lowest BCUT2D eigenvalue weighted by Gasteiger charge is -2.35. The Morgan fingerprint density at radius 3 is 2.56 bits per heavy atom. The minimum Gasteiger partial charge on any atom is -0.507 e. The number of nitrogens with zero attached hydrogens (tertiary/aromatic N) is 2. The van der Waals surface area contributed by atoms with E-state index in [1.54, 1.807) is 17.0 Å². The van der Waals surface area contributed by atoms with Gasteiger partial charge in [-0.3, -0.25) is 9.69 Å². The number of hydrogen-bond acceptors (Lipinski definition) is 4. The highest BCUT2D eigenvalue weighted by atomic mass is 35.5. The minimum absolute atomic E-state index is 0.0503. The second-order valence-electron chi connectivity index (χ2n) is 6.08. The van der Waals surface area contributed by atoms with Gasteiger partial charge in [-0.1, -0.05) is 23.7 Å². The Hall–Kier alpha value is -2.24. The fourth-order valence-electron chi connectivity index (χ4n) is 2.99. The number of phenols is 1. The standard InChI is InChI=1S/C19H21ClN2O3/c1-25-16-5-6-17(18(23)12-16)19(24)22-9-7-21(8-10-22)13-14-3-2-4-15(20)11-14/h2-6,11-12,23H,7-10,13H2,1H3. The molecular formula is C19H21ClN2O3. The molecule has 2 aromatic rings. The molecule has 132 valence electrons. The van der Waals surface area contributed by atoms with Crippen molar-refractivity contribution in [1.29, 1.82) is 0 Å². The fourth-order valence-corrected chi connectivity index (χ4v) is 3.21. The Morgan fingerprint density at radius 2 is 1.92 bits per heavy atom. The van der Waals surface area contributed by atoms with Gasteiger partial charge in [-0.15, -0.1) is 0 Å². The van der Waals surface area contributed by atoms with Crippen LogP contribution in [-0.4, -0.2) is 54.1 Å². The molecule has 0 bridgehead atoms. The summed E-state index contributed by atoms with van der Waals surface area (Å²) in [4.78, 5) is 16.7. The lowest BCUT2D eigenvalue weighted by Crippen LogP contribution is -2.48. The van der Waals surface area contributed by atoms with E-state index in [0.29, 0.717) is 24.4 Å². The van der Waals surface area contributed by atoms with E-state index in [0.717, 1.165) is 24.7 Å². The highest BCUT2D eigenvalue weighted by Gasteiger charge is 2.24. The van der Waals surface area contributed by atoms with Gasteiger partial charge in [-0.2, -0.15) is 0 Å². The summed E-state index contributed by atoms with van der Waals surface area (Å²) in [5, 5.41) is 10.8. The molecule has 1 fully saturated rings. The number of aromatic hydroxyl groups is 1. The van der Waals surface area contributed by atoms with Gasteiger partial charge in [-0.25, -0.2) is 0 Å². The first kappa shape index (κ1) is 17.6. The monoisotopic (exact) mass is 360 g/mol. The molecule has 25 heavy (non-hydrogen) atoms. The molecule has 0 unspecified atom stereocenters. The lowest BCUT2D eigenvalue weighted by atomic mass is 10.1. The first-order chi connectivity index (χ1) is 12.1. The Balaban J connectivity index is 1.59. The predicted molar refractivity (Wildman–Crippen MR) is 97.3 cm³/mol. The molecule has 0 saturated carbocycles. The Kier molecular flexibility index (Phi) is 5.46. The maximum absolute atomic E-state index is 12.6. The molecule has 0 radical (unpaired) electrons. The van der Waals surface area contributed by atoms with Crippen LogP contribution in [-0.2, 0) is 6.54 Å². The normalized spacial score (nSPS) is 15.2. The lowest BCUT2D eigenvalue weighted by molar-refractivity contribution is 0.0625. The van der Waals surface area contributed by atoms with Crippen LogP contribution < -0.4 is 4.74 Å². The number of hydrogen-bond donors (Lipinski definition) is 1. The zero-order valence-corrected chi connectivity index (χ0v) is 14.9. The number of methoxy groups -OCH3 is 1. The summed E-state index contributed by atoms with van der Waals surface area (Å²) in [6.45, 7) is 3.65. The van der Waals surface area contributed by atoms with Crippen molar-refractivity contribution in [1.82, 2.24) is 9.80 Å². The van der Waals surface area contributed by atoms with Gasteiger partial charge in [0.15, 0.2) is 0 Å². The molecule has 5 nitrogen and oxygen atoms in total. The smallest absolute Gasteiger partial charge is 0.257 e. The van der Waals surface area contributed by atoms with E-state index in [2.05, 4.69) is 11.0 Å². The quantitative estimate of drug-likeness (QED) is 0.910. The van der Waals surface area contributed by atoms with Crippen molar-refractivity contribution in [2.75, 3.05) is 33.3 Å². The molecule has 1 saturated heterocycles. The Morgan fingerprint density at radius 1 is 1.16 bits per heavy atom. The van der Waals surface area contributed by atoms with Crippen LogP contribution in [0.1, 0.15) is 15.9 Å². The maximum atomic E-state index is 12.6. The van der Waals surface area contributed by atoms with E-state index >= 15 is 0 Å². The highest BCUT2D eigenvalue weighted by Crippen LogP contribution is 2.25. The summed E-state index contributed by atoms with van der Waals surface area (Å²) in [7, 11) is 1.52. The van der Waals surface area contributed by atoms with Crippen LogP contribution in [0.25, 0.3) is 0 Å². The third-order valence-electron chi connectivity index (χ3n) is 4.39. The minimum atomic E-state index is -0.150. The first-order valence-electron chi connectivity index (χ1n) is 8.20. The number of ether oxygens (including phenoxy) is 1. The van der Waals surface area contributed by atoms with Gasteiger partial charge in [0.05, 0.1) is 12.7 Å². The van der Waals surface area contributed by atoms with Crippen LogP contribution in [0.2, 0.25) is 5.02 Å².